The van der Waals surface area contributed by atoms with Crippen LogP contribution in [-0.2, 0) is 29.7 Å². The Balaban J connectivity index is -0.0000000800. The van der Waals surface area contributed by atoms with Gasteiger partial charge in [-0.2, -0.15) is 0 Å². The summed E-state index contributed by atoms with van der Waals surface area (Å²) in [5, 5.41) is 0. The van der Waals surface area contributed by atoms with Crippen molar-refractivity contribution < 1.29 is 29.7 Å². The van der Waals surface area contributed by atoms with E-state index in [1.807, 2.05) is 0 Å². The van der Waals surface area contributed by atoms with Crippen LogP contribution in [0.15, 0.2) is 12.7 Å². The summed E-state index contributed by atoms with van der Waals surface area (Å²) in [5.74, 6) is -0.481. The minimum absolute atomic E-state index is 0. The summed E-state index contributed by atoms with van der Waals surface area (Å²) in [6, 6.07) is 0. The molecule has 0 rings (SSSR count). The van der Waals surface area contributed by atoms with Gasteiger partial charge in [-0.3, -0.25) is 4.79 Å². The third kappa shape index (κ3) is 25.9. The number of carbonyl (C=O) groups is 1. The number of primary amides is 1. The van der Waals surface area contributed by atoms with Crippen molar-refractivity contribution in [2.24, 2.45) is 5.73 Å². The van der Waals surface area contributed by atoms with Crippen molar-refractivity contribution >= 4 is 5.91 Å². The Morgan fingerprint density at radius 1 is 1.71 bits per heavy atom. The van der Waals surface area contributed by atoms with Gasteiger partial charge in [0.1, 0.15) is 0 Å². The van der Waals surface area contributed by atoms with Crippen molar-refractivity contribution in [2.45, 2.75) is 0 Å². The predicted octanol–water partition coefficient (Wildman–Crippen LogP) is -0.464. The molecule has 1 amide bonds. The first-order valence-electron chi connectivity index (χ1n) is 1.19. The molecule has 7 heavy (non-hydrogen) atoms. The average molecular weight is 152 g/mol. The zero-order chi connectivity index (χ0) is 4.28. The van der Waals surface area contributed by atoms with Crippen molar-refractivity contribution in [3.63, 3.8) is 0 Å². The molecule has 0 aliphatic carbocycles. The Morgan fingerprint density at radius 2 is 1.86 bits per heavy atom. The first-order valence-corrected chi connectivity index (χ1v) is 1.19. The molecule has 0 bridgehead atoms. The minimum Gasteiger partial charge on any atom is -2.00 e. The maximum atomic E-state index is 9.47. The summed E-state index contributed by atoms with van der Waals surface area (Å²) in [7, 11) is 0. The third-order valence-electron chi connectivity index (χ3n) is 0.201. The van der Waals surface area contributed by atoms with Gasteiger partial charge in [0.25, 0.3) is 0 Å². The molecule has 0 radical (unpaired) electrons. The standard InChI is InChI=1S/C3H5NO.O.Zn/c1-2-3(4)5;;/h2H,1H2,(H2,4,5);;/q;-2;+2. The van der Waals surface area contributed by atoms with Gasteiger partial charge in [0.05, 0.1) is 0 Å². The summed E-state index contributed by atoms with van der Waals surface area (Å²) in [5.41, 5.74) is 4.53. The minimum atomic E-state index is -0.481. The molecule has 0 saturated heterocycles. The van der Waals surface area contributed by atoms with Gasteiger partial charge >= 0.3 is 19.5 Å². The van der Waals surface area contributed by atoms with Crippen molar-refractivity contribution in [1.29, 1.82) is 0 Å². The predicted molar refractivity (Wildman–Crippen MR) is 20.1 cm³/mol. The Bertz CT molecular complexity index is 64.0. The van der Waals surface area contributed by atoms with E-state index in [0.29, 0.717) is 0 Å². The van der Waals surface area contributed by atoms with Gasteiger partial charge < -0.3 is 11.2 Å². The molecule has 0 heterocycles. The molecule has 2 N–H and O–H groups in total. The SMILES string of the molecule is C=CC(N)=O.[O-2].[Zn+2]. The van der Waals surface area contributed by atoms with Gasteiger partial charge in [-0.15, -0.1) is 0 Å². The second kappa shape index (κ2) is 9.25. The molecule has 0 aliphatic rings. The van der Waals surface area contributed by atoms with E-state index in [1.54, 1.807) is 0 Å². The first kappa shape index (κ1) is 15.8. The summed E-state index contributed by atoms with van der Waals surface area (Å²) in [6.07, 6.45) is 1.06. The molecule has 0 spiro atoms. The summed E-state index contributed by atoms with van der Waals surface area (Å²) in [6.45, 7) is 3.09. The van der Waals surface area contributed by atoms with E-state index in [4.69, 9.17) is 0 Å². The second-order valence-corrected chi connectivity index (χ2v) is 0.606. The maximum Gasteiger partial charge on any atom is 2.00 e. The van der Waals surface area contributed by atoms with Crippen molar-refractivity contribution in [3.05, 3.63) is 12.7 Å². The van der Waals surface area contributed by atoms with E-state index < -0.39 is 5.91 Å². The fraction of sp³-hybridized carbons (Fsp3) is 0. The smallest absolute Gasteiger partial charge is 2.00 e. The normalized spacial score (nSPS) is 4.57. The van der Waals surface area contributed by atoms with Gasteiger partial charge in [-0.25, -0.2) is 0 Å². The Hall–Kier alpha value is -0.207. The van der Waals surface area contributed by atoms with Gasteiger partial charge in [0.15, 0.2) is 0 Å². The number of carbonyl (C=O) groups excluding carboxylic acids is 1. The Labute approximate surface area is 54.6 Å². The zero-order valence-corrected chi connectivity index (χ0v) is 6.85. The molecule has 0 atom stereocenters. The van der Waals surface area contributed by atoms with Crippen LogP contribution in [0.4, 0.5) is 0 Å². The summed E-state index contributed by atoms with van der Waals surface area (Å²) < 4.78 is 0. The average Bonchev–Trinajstić information content (AvgIpc) is 1.38. The number of hydrogen-bond acceptors (Lipinski definition) is 1. The van der Waals surface area contributed by atoms with E-state index >= 15 is 0 Å². The van der Waals surface area contributed by atoms with Crippen LogP contribution >= 0.6 is 0 Å². The van der Waals surface area contributed by atoms with Crippen LogP contribution in [0.2, 0.25) is 0 Å². The molecule has 0 aromatic rings. The molecule has 0 saturated carbocycles. The van der Waals surface area contributed by atoms with Crippen LogP contribution < -0.4 is 5.73 Å². The van der Waals surface area contributed by atoms with Crippen molar-refractivity contribution in [3.8, 4) is 0 Å². The van der Waals surface area contributed by atoms with Gasteiger partial charge in [0.2, 0.25) is 5.91 Å². The van der Waals surface area contributed by atoms with E-state index in [9.17, 15) is 4.79 Å². The van der Waals surface area contributed by atoms with Crippen LogP contribution in [-0.4, -0.2) is 5.91 Å². The fourth-order valence-corrected chi connectivity index (χ4v) is 0. The molecule has 0 fully saturated rings. The summed E-state index contributed by atoms with van der Waals surface area (Å²) in [4.78, 5) is 9.47. The molecule has 0 unspecified atom stereocenters. The van der Waals surface area contributed by atoms with Gasteiger partial charge in [0, 0.05) is 0 Å². The number of nitrogens with two attached hydrogens (primary N) is 1. The van der Waals surface area contributed by atoms with E-state index in [2.05, 4.69) is 12.3 Å². The molecule has 0 aliphatic heterocycles. The monoisotopic (exact) mass is 151 g/mol. The van der Waals surface area contributed by atoms with Crippen molar-refractivity contribution in [1.82, 2.24) is 0 Å². The van der Waals surface area contributed by atoms with Gasteiger partial charge in [-0.05, 0) is 6.08 Å². The van der Waals surface area contributed by atoms with E-state index in [1.165, 1.54) is 0 Å². The topological polar surface area (TPSA) is 71.6 Å². The molecule has 0 aromatic carbocycles. The zero-order valence-electron chi connectivity index (χ0n) is 3.89. The van der Waals surface area contributed by atoms with Crippen LogP contribution in [0.1, 0.15) is 0 Å². The van der Waals surface area contributed by atoms with E-state index in [0.717, 1.165) is 6.08 Å². The van der Waals surface area contributed by atoms with Crippen LogP contribution in [0.3, 0.4) is 0 Å². The molecule has 0 aromatic heterocycles. The number of hydrogen-bond donors (Lipinski definition) is 1. The second-order valence-electron chi connectivity index (χ2n) is 0.606. The van der Waals surface area contributed by atoms with Crippen molar-refractivity contribution in [2.75, 3.05) is 0 Å². The quantitative estimate of drug-likeness (QED) is 0.401. The molecule has 3 nitrogen and oxygen atoms in total. The largest absolute Gasteiger partial charge is 2.00 e. The van der Waals surface area contributed by atoms with Crippen LogP contribution in [0.5, 0.6) is 0 Å². The Kier molecular flexibility index (Phi) is 20.9. The van der Waals surface area contributed by atoms with Crippen LogP contribution in [0.25, 0.3) is 0 Å². The fourth-order valence-electron chi connectivity index (χ4n) is 0. The Morgan fingerprint density at radius 3 is 1.86 bits per heavy atom. The maximum absolute atomic E-state index is 9.47. The molecular weight excluding hydrogens is 147 g/mol. The third-order valence-corrected chi connectivity index (χ3v) is 0.201. The first-order chi connectivity index (χ1) is 2.27. The molecule has 36 valence electrons. The number of rotatable bonds is 1. The molecule has 4 heteroatoms. The molecular formula is C3H5NO2Zn. The number of amides is 1. The summed E-state index contributed by atoms with van der Waals surface area (Å²) >= 11 is 0. The van der Waals surface area contributed by atoms with Gasteiger partial charge in [-0.1, -0.05) is 6.58 Å². The van der Waals surface area contributed by atoms with E-state index in [-0.39, 0.29) is 25.0 Å². The van der Waals surface area contributed by atoms with Crippen LogP contribution in [0, 0.1) is 0 Å².